The molecule has 2 aromatic rings. The van der Waals surface area contributed by atoms with Crippen LogP contribution in [0.2, 0.25) is 0 Å². The van der Waals surface area contributed by atoms with Gasteiger partial charge in [-0.3, -0.25) is 19.5 Å². The fourth-order valence-electron chi connectivity index (χ4n) is 3.20. The van der Waals surface area contributed by atoms with Crippen LogP contribution in [0, 0.1) is 0 Å². The minimum Gasteiger partial charge on any atom is -0.379 e. The van der Waals surface area contributed by atoms with Crippen molar-refractivity contribution in [3.8, 4) is 0 Å². The quantitative estimate of drug-likeness (QED) is 0.744. The first-order chi connectivity index (χ1) is 13.7. The SMILES string of the molecule is CCc1ccc(NC(=O)C(=O)NC[C@H](c2cccnc2)N2CCOCC2)cc1. The molecule has 1 saturated heterocycles. The first-order valence-electron chi connectivity index (χ1n) is 9.57. The molecule has 0 unspecified atom stereocenters. The number of hydrogen-bond acceptors (Lipinski definition) is 5. The predicted molar refractivity (Wildman–Crippen MR) is 107 cm³/mol. The maximum absolute atomic E-state index is 12.3. The standard InChI is InChI=1S/C21H26N4O3/c1-2-16-5-7-18(8-6-16)24-21(27)20(26)23-15-19(17-4-3-9-22-14-17)25-10-12-28-13-11-25/h3-9,14,19H,2,10-13,15H2,1H3,(H,23,26)(H,24,27)/t19-/m1/s1. The minimum absolute atomic E-state index is 0.0572. The highest BCUT2D eigenvalue weighted by Gasteiger charge is 2.24. The molecule has 2 N–H and O–H groups in total. The van der Waals surface area contributed by atoms with Gasteiger partial charge >= 0.3 is 11.8 Å². The van der Waals surface area contributed by atoms with E-state index in [0.29, 0.717) is 25.4 Å². The van der Waals surface area contributed by atoms with Crippen molar-refractivity contribution in [2.24, 2.45) is 0 Å². The van der Waals surface area contributed by atoms with E-state index < -0.39 is 11.8 Å². The number of nitrogens with one attached hydrogen (secondary N) is 2. The van der Waals surface area contributed by atoms with Crippen LogP contribution in [0.15, 0.2) is 48.8 Å². The number of pyridine rings is 1. The van der Waals surface area contributed by atoms with Gasteiger partial charge in [0.2, 0.25) is 0 Å². The van der Waals surface area contributed by atoms with Crippen molar-refractivity contribution in [1.82, 2.24) is 15.2 Å². The van der Waals surface area contributed by atoms with E-state index in [1.807, 2.05) is 24.3 Å². The van der Waals surface area contributed by atoms with Crippen LogP contribution in [0.1, 0.15) is 24.1 Å². The number of hydrogen-bond donors (Lipinski definition) is 2. The van der Waals surface area contributed by atoms with Gasteiger partial charge in [0, 0.05) is 37.7 Å². The lowest BCUT2D eigenvalue weighted by atomic mass is 10.1. The van der Waals surface area contributed by atoms with Gasteiger partial charge in [-0.15, -0.1) is 0 Å². The summed E-state index contributed by atoms with van der Waals surface area (Å²) in [7, 11) is 0. The van der Waals surface area contributed by atoms with E-state index in [1.165, 1.54) is 5.56 Å². The second-order valence-electron chi connectivity index (χ2n) is 6.67. The number of benzene rings is 1. The summed E-state index contributed by atoms with van der Waals surface area (Å²) in [4.78, 5) is 31.0. The highest BCUT2D eigenvalue weighted by Crippen LogP contribution is 2.20. The molecule has 28 heavy (non-hydrogen) atoms. The molecule has 0 bridgehead atoms. The molecule has 0 aliphatic carbocycles. The molecular formula is C21H26N4O3. The van der Waals surface area contributed by atoms with E-state index in [1.54, 1.807) is 24.5 Å². The highest BCUT2D eigenvalue weighted by atomic mass is 16.5. The Labute approximate surface area is 165 Å². The van der Waals surface area contributed by atoms with Gasteiger partial charge in [0.15, 0.2) is 0 Å². The van der Waals surface area contributed by atoms with Crippen LogP contribution in [0.5, 0.6) is 0 Å². The van der Waals surface area contributed by atoms with E-state index in [0.717, 1.165) is 25.1 Å². The summed E-state index contributed by atoms with van der Waals surface area (Å²) in [5.41, 5.74) is 2.78. The second kappa shape index (κ2) is 9.96. The third-order valence-electron chi connectivity index (χ3n) is 4.84. The van der Waals surface area contributed by atoms with Crippen molar-refractivity contribution >= 4 is 17.5 Å². The first kappa shape index (κ1) is 20.0. The smallest absolute Gasteiger partial charge is 0.313 e. The molecule has 1 fully saturated rings. The summed E-state index contributed by atoms with van der Waals surface area (Å²) >= 11 is 0. The molecule has 1 aliphatic rings. The monoisotopic (exact) mass is 382 g/mol. The molecule has 3 rings (SSSR count). The molecule has 0 radical (unpaired) electrons. The molecule has 148 valence electrons. The molecule has 1 aliphatic heterocycles. The Kier molecular flexibility index (Phi) is 7.11. The number of carbonyl (C=O) groups excluding carboxylic acids is 2. The number of carbonyl (C=O) groups is 2. The Balaban J connectivity index is 1.59. The van der Waals surface area contributed by atoms with Gasteiger partial charge in [-0.2, -0.15) is 0 Å². The zero-order valence-corrected chi connectivity index (χ0v) is 16.1. The Morgan fingerprint density at radius 2 is 1.89 bits per heavy atom. The van der Waals surface area contributed by atoms with Crippen LogP contribution in [0.3, 0.4) is 0 Å². The number of morpholine rings is 1. The van der Waals surface area contributed by atoms with Crippen molar-refractivity contribution in [1.29, 1.82) is 0 Å². The molecule has 1 aromatic carbocycles. The van der Waals surface area contributed by atoms with E-state index >= 15 is 0 Å². The fourth-order valence-corrected chi connectivity index (χ4v) is 3.20. The van der Waals surface area contributed by atoms with Crippen LogP contribution < -0.4 is 10.6 Å². The Hall–Kier alpha value is -2.77. The van der Waals surface area contributed by atoms with Crippen molar-refractivity contribution in [2.75, 3.05) is 38.2 Å². The van der Waals surface area contributed by atoms with E-state index in [4.69, 9.17) is 4.74 Å². The second-order valence-corrected chi connectivity index (χ2v) is 6.67. The van der Waals surface area contributed by atoms with Gasteiger partial charge in [0.05, 0.1) is 19.3 Å². The zero-order chi connectivity index (χ0) is 19.8. The number of ether oxygens (including phenoxy) is 1. The molecule has 2 amide bonds. The highest BCUT2D eigenvalue weighted by molar-refractivity contribution is 6.39. The molecule has 0 spiro atoms. The van der Waals surface area contributed by atoms with E-state index in [-0.39, 0.29) is 6.04 Å². The summed E-state index contributed by atoms with van der Waals surface area (Å²) in [6.45, 7) is 5.23. The lowest BCUT2D eigenvalue weighted by molar-refractivity contribution is -0.136. The predicted octanol–water partition coefficient (Wildman–Crippen LogP) is 1.77. The van der Waals surface area contributed by atoms with E-state index in [9.17, 15) is 9.59 Å². The van der Waals surface area contributed by atoms with E-state index in [2.05, 4.69) is 27.4 Å². The third-order valence-corrected chi connectivity index (χ3v) is 4.84. The number of amides is 2. The van der Waals surface area contributed by atoms with Gasteiger partial charge < -0.3 is 15.4 Å². The Morgan fingerprint density at radius 1 is 1.14 bits per heavy atom. The number of rotatable bonds is 6. The summed E-state index contributed by atoms with van der Waals surface area (Å²) in [5, 5.41) is 5.40. The van der Waals surface area contributed by atoms with Crippen LogP contribution in [0.25, 0.3) is 0 Å². The topological polar surface area (TPSA) is 83.6 Å². The zero-order valence-electron chi connectivity index (χ0n) is 16.1. The normalized spacial score (nSPS) is 15.6. The minimum atomic E-state index is -0.670. The number of aromatic nitrogens is 1. The van der Waals surface area contributed by atoms with Gasteiger partial charge in [-0.1, -0.05) is 25.1 Å². The molecule has 1 aromatic heterocycles. The molecular weight excluding hydrogens is 356 g/mol. The Bertz CT molecular complexity index is 774. The fraction of sp³-hybridized carbons (Fsp3) is 0.381. The largest absolute Gasteiger partial charge is 0.379 e. The molecule has 7 heteroatoms. The van der Waals surface area contributed by atoms with Crippen molar-refractivity contribution in [3.63, 3.8) is 0 Å². The van der Waals surface area contributed by atoms with Crippen molar-refractivity contribution in [3.05, 3.63) is 59.9 Å². The van der Waals surface area contributed by atoms with Crippen LogP contribution >= 0.6 is 0 Å². The maximum atomic E-state index is 12.3. The van der Waals surface area contributed by atoms with Crippen molar-refractivity contribution in [2.45, 2.75) is 19.4 Å². The van der Waals surface area contributed by atoms with Crippen LogP contribution in [-0.4, -0.2) is 54.5 Å². The molecule has 0 saturated carbocycles. The lowest BCUT2D eigenvalue weighted by Crippen LogP contribution is -2.45. The van der Waals surface area contributed by atoms with Gasteiger partial charge in [0.25, 0.3) is 0 Å². The summed E-state index contributed by atoms with van der Waals surface area (Å²) < 4.78 is 5.42. The molecule has 2 heterocycles. The van der Waals surface area contributed by atoms with Gasteiger partial charge in [-0.25, -0.2) is 0 Å². The summed E-state index contributed by atoms with van der Waals surface area (Å²) in [5.74, 6) is -1.32. The average molecular weight is 382 g/mol. The molecule has 1 atom stereocenters. The summed E-state index contributed by atoms with van der Waals surface area (Å²) in [6, 6.07) is 11.3. The lowest BCUT2D eigenvalue weighted by Gasteiger charge is -2.34. The summed E-state index contributed by atoms with van der Waals surface area (Å²) in [6.07, 6.45) is 4.43. The average Bonchev–Trinajstić information content (AvgIpc) is 2.76. The van der Waals surface area contributed by atoms with Crippen molar-refractivity contribution < 1.29 is 14.3 Å². The molecule has 7 nitrogen and oxygen atoms in total. The first-order valence-corrected chi connectivity index (χ1v) is 9.57. The van der Waals surface area contributed by atoms with Gasteiger partial charge in [0.1, 0.15) is 0 Å². The third kappa shape index (κ3) is 5.37. The van der Waals surface area contributed by atoms with Gasteiger partial charge in [-0.05, 0) is 35.7 Å². The maximum Gasteiger partial charge on any atom is 0.313 e. The number of aryl methyl sites for hydroxylation is 1. The number of anilines is 1. The number of nitrogens with zero attached hydrogens (tertiary/aromatic N) is 2. The van der Waals surface area contributed by atoms with Crippen LogP contribution in [-0.2, 0) is 20.7 Å². The van der Waals surface area contributed by atoms with Crippen LogP contribution in [0.4, 0.5) is 5.69 Å². The Morgan fingerprint density at radius 3 is 2.54 bits per heavy atom.